The van der Waals surface area contributed by atoms with Gasteiger partial charge in [0.15, 0.2) is 11.5 Å². The molecule has 0 saturated heterocycles. The molecule has 0 aliphatic heterocycles. The molecule has 4 aliphatic carbocycles. The average Bonchev–Trinajstić information content (AvgIpc) is 3.42. The number of carbonyl (C=O) groups is 1. The van der Waals surface area contributed by atoms with E-state index in [0.717, 1.165) is 51.4 Å². The molecule has 1 aromatic carbocycles. The van der Waals surface area contributed by atoms with Gasteiger partial charge in [-0.1, -0.05) is 11.2 Å². The van der Waals surface area contributed by atoms with Crippen molar-refractivity contribution >= 4 is 11.7 Å². The number of aromatic nitrogens is 2. The highest BCUT2D eigenvalue weighted by Crippen LogP contribution is 2.57. The van der Waals surface area contributed by atoms with E-state index in [0.29, 0.717) is 36.5 Å². The van der Waals surface area contributed by atoms with Crippen molar-refractivity contribution in [1.29, 1.82) is 5.26 Å². The fraction of sp³-hybridized carbons (Fsp3) is 0.655. The molecule has 4 saturated carbocycles. The van der Waals surface area contributed by atoms with Crippen LogP contribution in [0.5, 0.6) is 0 Å². The Morgan fingerprint density at radius 3 is 2.45 bits per heavy atom. The molecule has 0 radical (unpaired) electrons. The normalized spacial score (nSPS) is 31.0. The third kappa shape index (κ3) is 5.28. The van der Waals surface area contributed by atoms with Crippen LogP contribution in [0.3, 0.4) is 0 Å². The Morgan fingerprint density at radius 1 is 1.21 bits per heavy atom. The number of fused-ring (bicyclic) bond motifs is 3. The highest BCUT2D eigenvalue weighted by molar-refractivity contribution is 5.92. The van der Waals surface area contributed by atoms with Crippen molar-refractivity contribution in [2.75, 3.05) is 11.4 Å². The maximum atomic E-state index is 14.4. The Labute approximate surface area is 223 Å². The van der Waals surface area contributed by atoms with Crippen molar-refractivity contribution in [2.45, 2.75) is 108 Å². The molecule has 204 valence electrons. The fourth-order valence-corrected chi connectivity index (χ4v) is 6.51. The maximum Gasteiger partial charge on any atom is 0.322 e. The highest BCUT2D eigenvalue weighted by atomic mass is 19.1. The molecule has 2 aromatic rings. The van der Waals surface area contributed by atoms with E-state index in [1.165, 1.54) is 13.8 Å². The van der Waals surface area contributed by atoms with Gasteiger partial charge in [-0.05, 0) is 109 Å². The molecule has 6 rings (SSSR count). The first-order chi connectivity index (χ1) is 17.9. The van der Waals surface area contributed by atoms with Crippen LogP contribution in [-0.4, -0.2) is 39.5 Å². The molecule has 4 aliphatic rings. The summed E-state index contributed by atoms with van der Waals surface area (Å²) in [6, 6.07) is 9.27. The number of hydrogen-bond acceptors (Lipinski definition) is 6. The summed E-state index contributed by atoms with van der Waals surface area (Å²) in [7, 11) is 0. The predicted octanol–water partition coefficient (Wildman–Crippen LogP) is 5.65. The van der Waals surface area contributed by atoms with E-state index in [2.05, 4.69) is 21.5 Å². The second-order valence-electron chi connectivity index (χ2n) is 12.6. The number of halogens is 1. The van der Waals surface area contributed by atoms with Crippen LogP contribution in [-0.2, 0) is 11.1 Å². The molecule has 1 aromatic heterocycles. The monoisotopic (exact) mass is 523 g/mol. The van der Waals surface area contributed by atoms with E-state index in [1.54, 1.807) is 12.1 Å². The molecule has 0 unspecified atom stereocenters. The smallest absolute Gasteiger partial charge is 0.322 e. The number of benzene rings is 1. The highest BCUT2D eigenvalue weighted by Gasteiger charge is 2.53. The zero-order valence-electron chi connectivity index (χ0n) is 22.6. The number of hydrogen-bond donors (Lipinski definition) is 2. The van der Waals surface area contributed by atoms with Crippen LogP contribution in [0.25, 0.3) is 0 Å². The van der Waals surface area contributed by atoms with Gasteiger partial charge in [0.1, 0.15) is 0 Å². The van der Waals surface area contributed by atoms with E-state index < -0.39 is 11.3 Å². The topological polar surface area (TPSA) is 115 Å². The van der Waals surface area contributed by atoms with Gasteiger partial charge >= 0.3 is 6.03 Å². The third-order valence-corrected chi connectivity index (χ3v) is 9.23. The minimum atomic E-state index is -1.67. The van der Waals surface area contributed by atoms with Gasteiger partial charge in [-0.25, -0.2) is 9.18 Å². The van der Waals surface area contributed by atoms with Crippen LogP contribution in [0.1, 0.15) is 102 Å². The zero-order chi connectivity index (χ0) is 27.2. The number of nitriles is 1. The minimum absolute atomic E-state index is 0.0134. The quantitative estimate of drug-likeness (QED) is 0.506. The van der Waals surface area contributed by atoms with E-state index in [4.69, 9.17) is 4.52 Å². The number of aliphatic hydroxyl groups is 1. The number of rotatable bonds is 6. The lowest BCUT2D eigenvalue weighted by atomic mass is 9.53. The van der Waals surface area contributed by atoms with Crippen molar-refractivity contribution < 1.29 is 18.8 Å². The second-order valence-corrected chi connectivity index (χ2v) is 12.6. The molecule has 4 fully saturated rings. The average molecular weight is 524 g/mol. The summed E-state index contributed by atoms with van der Waals surface area (Å²) in [6.07, 6.45) is 8.11. The van der Waals surface area contributed by atoms with Crippen molar-refractivity contribution in [3.63, 3.8) is 0 Å². The van der Waals surface area contributed by atoms with Gasteiger partial charge in [-0.3, -0.25) is 4.90 Å². The lowest BCUT2D eigenvalue weighted by molar-refractivity contribution is 0.0151. The molecule has 8 nitrogen and oxygen atoms in total. The van der Waals surface area contributed by atoms with Gasteiger partial charge in [0.2, 0.25) is 0 Å². The van der Waals surface area contributed by atoms with Crippen molar-refractivity contribution in [3.05, 3.63) is 41.5 Å². The van der Waals surface area contributed by atoms with Crippen molar-refractivity contribution in [3.8, 4) is 6.07 Å². The van der Waals surface area contributed by atoms with Gasteiger partial charge in [-0.15, -0.1) is 0 Å². The summed E-state index contributed by atoms with van der Waals surface area (Å²) in [5.74, 6) is 0.629. The van der Waals surface area contributed by atoms with Gasteiger partial charge in [0.05, 0.1) is 17.2 Å². The molecule has 0 spiro atoms. The Bertz CT molecular complexity index is 1190. The zero-order valence-corrected chi connectivity index (χ0v) is 22.6. The van der Waals surface area contributed by atoms with Crippen LogP contribution >= 0.6 is 0 Å². The van der Waals surface area contributed by atoms with E-state index in [9.17, 15) is 19.6 Å². The van der Waals surface area contributed by atoms with Gasteiger partial charge in [0.25, 0.3) is 5.89 Å². The first-order valence-corrected chi connectivity index (χ1v) is 13.8. The number of alkyl halides is 1. The van der Waals surface area contributed by atoms with Crippen LogP contribution in [0.15, 0.2) is 28.8 Å². The van der Waals surface area contributed by atoms with Crippen LogP contribution in [0.2, 0.25) is 0 Å². The van der Waals surface area contributed by atoms with Crippen molar-refractivity contribution in [2.24, 2.45) is 5.41 Å². The summed E-state index contributed by atoms with van der Waals surface area (Å²) < 4.78 is 19.6. The summed E-state index contributed by atoms with van der Waals surface area (Å²) in [5.41, 5.74) is -1.37. The summed E-state index contributed by atoms with van der Waals surface area (Å²) in [5, 5.41) is 27.2. The Balaban J connectivity index is 1.33. The van der Waals surface area contributed by atoms with Crippen LogP contribution in [0.4, 0.5) is 14.9 Å². The van der Waals surface area contributed by atoms with E-state index in [-0.39, 0.29) is 28.8 Å². The fourth-order valence-electron chi connectivity index (χ4n) is 6.51. The Hall–Kier alpha value is -2.99. The molecule has 9 heteroatoms. The Kier molecular flexibility index (Phi) is 6.75. The van der Waals surface area contributed by atoms with Gasteiger partial charge in [0, 0.05) is 23.7 Å². The lowest BCUT2D eigenvalue weighted by Crippen LogP contribution is -2.54. The van der Waals surface area contributed by atoms with Crippen molar-refractivity contribution in [1.82, 2.24) is 15.5 Å². The first kappa shape index (κ1) is 26.6. The minimum Gasteiger partial charge on any atom is -0.390 e. The Morgan fingerprint density at radius 2 is 1.87 bits per heavy atom. The standard InChI is InChI=1S/C29H38FN5O3/c1-26(2,30)24-33-23(34-38-24)29-14-11-28(12-15-29,13-16-29)19-35(22-6-4-5-20(17-22)18-31)25(36)32-21-7-9-27(3,37)10-8-21/h4-6,17,21,37H,7-16,19H2,1-3H3,(H,32,36). The molecular formula is C29H38FN5O3. The third-order valence-electron chi connectivity index (χ3n) is 9.23. The van der Waals surface area contributed by atoms with E-state index >= 15 is 0 Å². The predicted molar refractivity (Wildman–Crippen MR) is 140 cm³/mol. The molecule has 2 N–H and O–H groups in total. The molecule has 0 atom stereocenters. The second kappa shape index (κ2) is 9.64. The maximum absolute atomic E-state index is 14.4. The first-order valence-electron chi connectivity index (χ1n) is 13.8. The van der Waals surface area contributed by atoms with Gasteiger partial charge in [-0.2, -0.15) is 10.2 Å². The largest absolute Gasteiger partial charge is 0.390 e. The van der Waals surface area contributed by atoms with Gasteiger partial charge < -0.3 is 14.9 Å². The SMILES string of the molecule is CC1(O)CCC(NC(=O)N(CC23CCC(c4noc(C(C)(C)F)n4)(CC2)CC3)c2cccc(C#N)c2)CC1. The number of nitrogens with one attached hydrogen (secondary N) is 1. The molecule has 2 bridgehead atoms. The number of carbonyl (C=O) groups excluding carboxylic acids is 1. The number of nitrogens with zero attached hydrogens (tertiary/aromatic N) is 4. The summed E-state index contributed by atoms with van der Waals surface area (Å²) in [6.45, 7) is 5.25. The molecular weight excluding hydrogens is 485 g/mol. The summed E-state index contributed by atoms with van der Waals surface area (Å²) in [4.78, 5) is 20.0. The molecule has 38 heavy (non-hydrogen) atoms. The molecule has 2 amide bonds. The molecule has 1 heterocycles. The number of urea groups is 1. The summed E-state index contributed by atoms with van der Waals surface area (Å²) >= 11 is 0. The lowest BCUT2D eigenvalue weighted by Gasteiger charge is -2.53. The number of amides is 2. The van der Waals surface area contributed by atoms with Crippen LogP contribution in [0, 0.1) is 16.7 Å². The van der Waals surface area contributed by atoms with Crippen LogP contribution < -0.4 is 10.2 Å². The van der Waals surface area contributed by atoms with E-state index in [1.807, 2.05) is 24.0 Å². The number of anilines is 1.